The molecule has 0 spiro atoms. The number of nitrogens with zero attached hydrogens (tertiary/aromatic N) is 5. The predicted octanol–water partition coefficient (Wildman–Crippen LogP) is 1.26. The fourth-order valence-corrected chi connectivity index (χ4v) is 2.64. The van der Waals surface area contributed by atoms with E-state index in [1.54, 1.807) is 12.4 Å². The smallest absolute Gasteiger partial charge is 0.274 e. The molecule has 0 aliphatic carbocycles. The Labute approximate surface area is 141 Å². The molecular formula is C17H22N6O. The normalized spacial score (nSPS) is 15.3. The highest BCUT2D eigenvalue weighted by molar-refractivity contribution is 5.92. The van der Waals surface area contributed by atoms with Gasteiger partial charge in [-0.15, -0.1) is 0 Å². The number of hydrogen-bond acceptors (Lipinski definition) is 6. The van der Waals surface area contributed by atoms with Gasteiger partial charge in [-0.1, -0.05) is 13.0 Å². The first-order chi connectivity index (χ1) is 11.8. The summed E-state index contributed by atoms with van der Waals surface area (Å²) in [6, 6.07) is 5.76. The van der Waals surface area contributed by atoms with Gasteiger partial charge in [0, 0.05) is 32.4 Å². The molecule has 24 heavy (non-hydrogen) atoms. The Morgan fingerprint density at radius 3 is 2.58 bits per heavy atom. The van der Waals surface area contributed by atoms with Gasteiger partial charge < -0.3 is 15.1 Å². The summed E-state index contributed by atoms with van der Waals surface area (Å²) in [6.07, 6.45) is 4.89. The number of pyridine rings is 1. The number of likely N-dealkylation sites (N-methyl/N-ethyl adjacent to an activating group) is 1. The largest absolute Gasteiger partial charge is 0.363 e. The molecule has 1 saturated heterocycles. The standard InChI is InChI=1S/C17H22N6O/c1-2-22-7-9-23(10-8-22)17(24)15-12-21-16(13-19-15)20-11-14-5-3-4-6-18-14/h3-6,12-13H,2,7-11H2,1H3,(H,20,21). The molecule has 0 radical (unpaired) electrons. The summed E-state index contributed by atoms with van der Waals surface area (Å²) in [5.41, 5.74) is 1.32. The second-order valence-corrected chi connectivity index (χ2v) is 5.69. The molecule has 1 amide bonds. The first-order valence-electron chi connectivity index (χ1n) is 8.23. The van der Waals surface area contributed by atoms with Crippen LogP contribution in [0.25, 0.3) is 0 Å². The number of hydrogen-bond donors (Lipinski definition) is 1. The van der Waals surface area contributed by atoms with Gasteiger partial charge in [0.05, 0.1) is 24.6 Å². The second-order valence-electron chi connectivity index (χ2n) is 5.69. The van der Waals surface area contributed by atoms with Crippen LogP contribution in [0, 0.1) is 0 Å². The number of nitrogens with one attached hydrogen (secondary N) is 1. The fourth-order valence-electron chi connectivity index (χ4n) is 2.64. The highest BCUT2D eigenvalue weighted by atomic mass is 16.2. The highest BCUT2D eigenvalue weighted by Crippen LogP contribution is 2.08. The van der Waals surface area contributed by atoms with E-state index < -0.39 is 0 Å². The Kier molecular flexibility index (Phi) is 5.32. The molecule has 3 heterocycles. The summed E-state index contributed by atoms with van der Waals surface area (Å²) in [5, 5.41) is 3.15. The van der Waals surface area contributed by atoms with Crippen molar-refractivity contribution in [1.29, 1.82) is 0 Å². The molecule has 2 aromatic rings. The van der Waals surface area contributed by atoms with Crippen molar-refractivity contribution in [2.24, 2.45) is 0 Å². The lowest BCUT2D eigenvalue weighted by Crippen LogP contribution is -2.48. The topological polar surface area (TPSA) is 74.2 Å². The first-order valence-corrected chi connectivity index (χ1v) is 8.23. The molecule has 1 N–H and O–H groups in total. The minimum atomic E-state index is -0.0467. The molecule has 0 saturated carbocycles. The van der Waals surface area contributed by atoms with Crippen LogP contribution in [0.15, 0.2) is 36.8 Å². The number of carbonyl (C=O) groups is 1. The molecular weight excluding hydrogens is 304 g/mol. The predicted molar refractivity (Wildman–Crippen MR) is 91.6 cm³/mol. The van der Waals surface area contributed by atoms with E-state index in [-0.39, 0.29) is 5.91 Å². The number of piperazine rings is 1. The van der Waals surface area contributed by atoms with E-state index in [1.165, 1.54) is 6.20 Å². The van der Waals surface area contributed by atoms with E-state index in [9.17, 15) is 4.79 Å². The van der Waals surface area contributed by atoms with Crippen molar-refractivity contribution in [2.75, 3.05) is 38.0 Å². The first kappa shape index (κ1) is 16.3. The van der Waals surface area contributed by atoms with Gasteiger partial charge in [0.15, 0.2) is 0 Å². The maximum atomic E-state index is 12.5. The van der Waals surface area contributed by atoms with Gasteiger partial charge in [-0.05, 0) is 18.7 Å². The SMILES string of the molecule is CCN1CCN(C(=O)c2cnc(NCc3ccccn3)cn2)CC1. The summed E-state index contributed by atoms with van der Waals surface area (Å²) in [4.78, 5) is 29.4. The third kappa shape index (κ3) is 4.05. The van der Waals surface area contributed by atoms with Crippen molar-refractivity contribution in [3.05, 3.63) is 48.2 Å². The maximum Gasteiger partial charge on any atom is 0.274 e. The van der Waals surface area contributed by atoms with Crippen LogP contribution in [-0.4, -0.2) is 63.4 Å². The minimum absolute atomic E-state index is 0.0467. The maximum absolute atomic E-state index is 12.5. The summed E-state index contributed by atoms with van der Waals surface area (Å²) >= 11 is 0. The van der Waals surface area contributed by atoms with Crippen LogP contribution in [-0.2, 0) is 6.54 Å². The van der Waals surface area contributed by atoms with E-state index in [1.807, 2.05) is 23.1 Å². The number of anilines is 1. The second kappa shape index (κ2) is 7.83. The molecule has 0 unspecified atom stereocenters. The molecule has 1 aliphatic rings. The third-order valence-corrected chi connectivity index (χ3v) is 4.15. The third-order valence-electron chi connectivity index (χ3n) is 4.15. The van der Waals surface area contributed by atoms with Crippen LogP contribution in [0.4, 0.5) is 5.82 Å². The zero-order valence-electron chi connectivity index (χ0n) is 13.9. The van der Waals surface area contributed by atoms with Crippen molar-refractivity contribution in [1.82, 2.24) is 24.8 Å². The zero-order valence-corrected chi connectivity index (χ0v) is 13.9. The average Bonchev–Trinajstić information content (AvgIpc) is 2.67. The molecule has 0 aromatic carbocycles. The van der Waals surface area contributed by atoms with E-state index in [2.05, 4.69) is 32.1 Å². The molecule has 1 fully saturated rings. The van der Waals surface area contributed by atoms with Crippen LogP contribution >= 0.6 is 0 Å². The molecule has 7 nitrogen and oxygen atoms in total. The van der Waals surface area contributed by atoms with E-state index in [4.69, 9.17) is 0 Å². The van der Waals surface area contributed by atoms with Crippen molar-refractivity contribution < 1.29 is 4.79 Å². The molecule has 0 atom stereocenters. The average molecular weight is 326 g/mol. The van der Waals surface area contributed by atoms with Gasteiger partial charge in [0.2, 0.25) is 0 Å². The Morgan fingerprint density at radius 1 is 1.12 bits per heavy atom. The molecule has 3 rings (SSSR count). The van der Waals surface area contributed by atoms with E-state index in [0.717, 1.165) is 38.4 Å². The Bertz CT molecular complexity index is 653. The number of rotatable bonds is 5. The number of aromatic nitrogens is 3. The summed E-state index contributed by atoms with van der Waals surface area (Å²) in [7, 11) is 0. The van der Waals surface area contributed by atoms with E-state index in [0.29, 0.717) is 18.1 Å². The van der Waals surface area contributed by atoms with Gasteiger partial charge in [-0.2, -0.15) is 0 Å². The van der Waals surface area contributed by atoms with Crippen LogP contribution in [0.3, 0.4) is 0 Å². The zero-order chi connectivity index (χ0) is 16.8. The van der Waals surface area contributed by atoms with Crippen molar-refractivity contribution >= 4 is 11.7 Å². The molecule has 2 aromatic heterocycles. The Hall–Kier alpha value is -2.54. The van der Waals surface area contributed by atoms with E-state index >= 15 is 0 Å². The molecule has 7 heteroatoms. The fraction of sp³-hybridized carbons (Fsp3) is 0.412. The Balaban J connectivity index is 1.55. The van der Waals surface area contributed by atoms with Crippen molar-refractivity contribution in [3.8, 4) is 0 Å². The van der Waals surface area contributed by atoms with Crippen LogP contribution in [0.1, 0.15) is 23.1 Å². The summed E-state index contributed by atoms with van der Waals surface area (Å²) in [6.45, 7) is 7.06. The van der Waals surface area contributed by atoms with Gasteiger partial charge >= 0.3 is 0 Å². The van der Waals surface area contributed by atoms with Gasteiger partial charge in [0.1, 0.15) is 11.5 Å². The Morgan fingerprint density at radius 2 is 1.96 bits per heavy atom. The quantitative estimate of drug-likeness (QED) is 0.892. The van der Waals surface area contributed by atoms with Crippen LogP contribution in [0.5, 0.6) is 0 Å². The van der Waals surface area contributed by atoms with Gasteiger partial charge in [0.25, 0.3) is 5.91 Å². The van der Waals surface area contributed by atoms with Crippen LogP contribution in [0.2, 0.25) is 0 Å². The van der Waals surface area contributed by atoms with Gasteiger partial charge in [-0.25, -0.2) is 9.97 Å². The minimum Gasteiger partial charge on any atom is -0.363 e. The lowest BCUT2D eigenvalue weighted by molar-refractivity contribution is 0.0637. The molecule has 0 bridgehead atoms. The van der Waals surface area contributed by atoms with Gasteiger partial charge in [-0.3, -0.25) is 9.78 Å². The lowest BCUT2D eigenvalue weighted by Gasteiger charge is -2.33. The monoisotopic (exact) mass is 326 g/mol. The lowest BCUT2D eigenvalue weighted by atomic mass is 10.3. The van der Waals surface area contributed by atoms with Crippen molar-refractivity contribution in [2.45, 2.75) is 13.5 Å². The number of carbonyl (C=O) groups excluding carboxylic acids is 1. The van der Waals surface area contributed by atoms with Crippen molar-refractivity contribution in [3.63, 3.8) is 0 Å². The molecule has 126 valence electrons. The highest BCUT2D eigenvalue weighted by Gasteiger charge is 2.22. The summed E-state index contributed by atoms with van der Waals surface area (Å²) in [5.74, 6) is 0.586. The number of amides is 1. The summed E-state index contributed by atoms with van der Waals surface area (Å²) < 4.78 is 0. The van der Waals surface area contributed by atoms with Crippen LogP contribution < -0.4 is 5.32 Å². The molecule has 1 aliphatic heterocycles.